The average molecular weight is 438 g/mol. The molecule has 1 heterocycles. The molecule has 0 saturated carbocycles. The molecule has 2 aromatic rings. The Morgan fingerprint density at radius 3 is 2.28 bits per heavy atom. The molecule has 0 unspecified atom stereocenters. The van der Waals surface area contributed by atoms with Crippen LogP contribution in [0, 0.1) is 0 Å². The van der Waals surface area contributed by atoms with Gasteiger partial charge in [-0.3, -0.25) is 4.31 Å². The van der Waals surface area contributed by atoms with E-state index in [-0.39, 0.29) is 23.2 Å². The number of hydrogen-bond donors (Lipinski definition) is 1. The molecule has 0 spiro atoms. The second-order valence-corrected chi connectivity index (χ2v) is 11.1. The molecule has 1 saturated heterocycles. The molecule has 0 aliphatic carbocycles. The highest BCUT2D eigenvalue weighted by Gasteiger charge is 2.26. The van der Waals surface area contributed by atoms with Gasteiger partial charge in [-0.05, 0) is 56.8 Å². The molecule has 9 heteroatoms. The van der Waals surface area contributed by atoms with Gasteiger partial charge in [0.15, 0.2) is 0 Å². The lowest BCUT2D eigenvalue weighted by Gasteiger charge is -2.28. The van der Waals surface area contributed by atoms with Gasteiger partial charge in [0, 0.05) is 19.1 Å². The summed E-state index contributed by atoms with van der Waals surface area (Å²) in [6, 6.07) is 15.6. The minimum absolute atomic E-state index is 0.108. The van der Waals surface area contributed by atoms with Crippen molar-refractivity contribution in [2.75, 3.05) is 37.2 Å². The van der Waals surface area contributed by atoms with Gasteiger partial charge in [-0.2, -0.15) is 0 Å². The first kappa shape index (κ1) is 21.8. The smallest absolute Gasteiger partial charge is 0.240 e. The van der Waals surface area contributed by atoms with Crippen LogP contribution in [-0.4, -0.2) is 54.7 Å². The summed E-state index contributed by atoms with van der Waals surface area (Å²) in [6.07, 6.45) is 1.45. The summed E-state index contributed by atoms with van der Waals surface area (Å²) < 4.78 is 54.0. The van der Waals surface area contributed by atoms with Crippen molar-refractivity contribution in [3.05, 3.63) is 60.2 Å². The highest BCUT2D eigenvalue weighted by atomic mass is 32.2. The summed E-state index contributed by atoms with van der Waals surface area (Å²) in [6.45, 7) is 0.649. The van der Waals surface area contributed by atoms with Crippen LogP contribution in [0.25, 0.3) is 0 Å². The van der Waals surface area contributed by atoms with Crippen LogP contribution in [0.3, 0.4) is 0 Å². The Bertz CT molecular complexity index is 1020. The third-order valence-electron chi connectivity index (χ3n) is 5.06. The molecule has 1 aliphatic heterocycles. The minimum Gasteiger partial charge on any atom is -0.301 e. The van der Waals surface area contributed by atoms with E-state index in [0.717, 1.165) is 12.0 Å². The minimum atomic E-state index is -3.72. The lowest BCUT2D eigenvalue weighted by atomic mass is 10.1. The summed E-state index contributed by atoms with van der Waals surface area (Å²) in [5, 5.41) is 0. The van der Waals surface area contributed by atoms with Crippen LogP contribution in [0.2, 0.25) is 0 Å². The van der Waals surface area contributed by atoms with Crippen molar-refractivity contribution in [3.8, 4) is 0 Å². The molecule has 1 atom stereocenters. The number of nitrogens with zero attached hydrogens (tertiary/aromatic N) is 2. The fourth-order valence-electron chi connectivity index (χ4n) is 3.42. The SMILES string of the molecule is CN(C)[C@H](CNS(=O)(=O)c1ccc(N2CCCCS2(=O)=O)cc1)c1ccccc1. The highest BCUT2D eigenvalue weighted by molar-refractivity contribution is 7.92. The Kier molecular flexibility index (Phi) is 6.62. The van der Waals surface area contributed by atoms with Crippen molar-refractivity contribution >= 4 is 25.7 Å². The van der Waals surface area contributed by atoms with Crippen LogP contribution < -0.4 is 9.03 Å². The van der Waals surface area contributed by atoms with Crippen LogP contribution in [0.5, 0.6) is 0 Å². The zero-order valence-corrected chi connectivity index (χ0v) is 18.3. The van der Waals surface area contributed by atoms with Crippen LogP contribution in [-0.2, 0) is 20.0 Å². The first-order valence-electron chi connectivity index (χ1n) is 9.52. The fourth-order valence-corrected chi connectivity index (χ4v) is 6.09. The molecule has 1 aliphatic rings. The number of nitrogens with one attached hydrogen (secondary N) is 1. The van der Waals surface area contributed by atoms with Crippen molar-refractivity contribution in [1.82, 2.24) is 9.62 Å². The molecule has 0 radical (unpaired) electrons. The molecule has 3 rings (SSSR count). The predicted molar refractivity (Wildman–Crippen MR) is 115 cm³/mol. The Balaban J connectivity index is 1.74. The van der Waals surface area contributed by atoms with Gasteiger partial charge < -0.3 is 4.90 Å². The van der Waals surface area contributed by atoms with E-state index in [4.69, 9.17) is 0 Å². The van der Waals surface area contributed by atoms with Gasteiger partial charge in [-0.25, -0.2) is 21.6 Å². The molecule has 29 heavy (non-hydrogen) atoms. The maximum absolute atomic E-state index is 12.7. The third-order valence-corrected chi connectivity index (χ3v) is 8.37. The number of benzene rings is 2. The molecule has 1 fully saturated rings. The van der Waals surface area contributed by atoms with E-state index in [2.05, 4.69) is 4.72 Å². The Labute approximate surface area is 173 Å². The van der Waals surface area contributed by atoms with Crippen molar-refractivity contribution in [3.63, 3.8) is 0 Å². The molecular formula is C20H27N3O4S2. The molecule has 1 N–H and O–H groups in total. The number of likely N-dealkylation sites (N-methyl/N-ethyl adjacent to an activating group) is 1. The lowest BCUT2D eigenvalue weighted by Crippen LogP contribution is -2.37. The van der Waals surface area contributed by atoms with Crippen molar-refractivity contribution in [1.29, 1.82) is 0 Å². The van der Waals surface area contributed by atoms with E-state index in [1.54, 1.807) is 12.1 Å². The fraction of sp³-hybridized carbons (Fsp3) is 0.400. The maximum Gasteiger partial charge on any atom is 0.240 e. The van der Waals surface area contributed by atoms with Crippen molar-refractivity contribution in [2.45, 2.75) is 23.8 Å². The van der Waals surface area contributed by atoms with Crippen LogP contribution >= 0.6 is 0 Å². The number of sulfonamides is 2. The van der Waals surface area contributed by atoms with Crippen molar-refractivity contribution in [2.24, 2.45) is 0 Å². The monoisotopic (exact) mass is 437 g/mol. The van der Waals surface area contributed by atoms with E-state index < -0.39 is 20.0 Å². The van der Waals surface area contributed by atoms with Crippen molar-refractivity contribution < 1.29 is 16.8 Å². The first-order valence-corrected chi connectivity index (χ1v) is 12.6. The van der Waals surface area contributed by atoms with Gasteiger partial charge in [0.25, 0.3) is 0 Å². The second-order valence-electron chi connectivity index (χ2n) is 7.33. The third kappa shape index (κ3) is 5.16. The second kappa shape index (κ2) is 8.83. The average Bonchev–Trinajstić information content (AvgIpc) is 2.68. The summed E-state index contributed by atoms with van der Waals surface area (Å²) >= 11 is 0. The van der Waals surface area contributed by atoms with Gasteiger partial charge >= 0.3 is 0 Å². The molecule has 0 bridgehead atoms. The van der Waals surface area contributed by atoms with Crippen LogP contribution in [0.4, 0.5) is 5.69 Å². The standard InChI is InChI=1S/C20H27N3O4S2/c1-22(2)20(17-8-4-3-5-9-17)16-21-29(26,27)19-12-10-18(11-13-19)23-14-6-7-15-28(23,24)25/h3-5,8-13,20-21H,6-7,14-16H2,1-2H3/t20-/m1/s1. The van der Waals surface area contributed by atoms with Gasteiger partial charge in [0.2, 0.25) is 20.0 Å². The van der Waals surface area contributed by atoms with Crippen LogP contribution in [0.15, 0.2) is 59.5 Å². The molecular weight excluding hydrogens is 410 g/mol. The molecule has 7 nitrogen and oxygen atoms in total. The molecule has 0 amide bonds. The maximum atomic E-state index is 12.7. The normalized spacial score (nSPS) is 18.0. The van der Waals surface area contributed by atoms with E-state index in [9.17, 15) is 16.8 Å². The van der Waals surface area contributed by atoms with Gasteiger partial charge in [0.05, 0.1) is 16.3 Å². The van der Waals surface area contributed by atoms with Crippen LogP contribution in [0.1, 0.15) is 24.4 Å². The van der Waals surface area contributed by atoms with E-state index >= 15 is 0 Å². The summed E-state index contributed by atoms with van der Waals surface area (Å²) in [5.41, 5.74) is 1.52. The zero-order chi connectivity index (χ0) is 21.1. The van der Waals surface area contributed by atoms with E-state index in [1.807, 2.05) is 49.3 Å². The number of anilines is 1. The molecule has 0 aromatic heterocycles. The van der Waals surface area contributed by atoms with Gasteiger partial charge in [-0.15, -0.1) is 0 Å². The summed E-state index contributed by atoms with van der Waals surface area (Å²) in [7, 11) is -3.24. The predicted octanol–water partition coefficient (Wildman–Crippen LogP) is 2.20. The summed E-state index contributed by atoms with van der Waals surface area (Å²) in [5.74, 6) is 0.125. The van der Waals surface area contributed by atoms with Gasteiger partial charge in [0.1, 0.15) is 0 Å². The Morgan fingerprint density at radius 1 is 1.03 bits per heavy atom. The summed E-state index contributed by atoms with van der Waals surface area (Å²) in [4.78, 5) is 2.07. The highest BCUT2D eigenvalue weighted by Crippen LogP contribution is 2.25. The topological polar surface area (TPSA) is 86.8 Å². The number of hydrogen-bond acceptors (Lipinski definition) is 5. The van der Waals surface area contributed by atoms with E-state index in [1.165, 1.54) is 16.4 Å². The first-order chi connectivity index (χ1) is 13.7. The van der Waals surface area contributed by atoms with Gasteiger partial charge in [-0.1, -0.05) is 30.3 Å². The largest absolute Gasteiger partial charge is 0.301 e. The molecule has 2 aromatic carbocycles. The number of rotatable bonds is 7. The molecule has 158 valence electrons. The van der Waals surface area contributed by atoms with E-state index in [0.29, 0.717) is 18.7 Å². The Morgan fingerprint density at radius 2 is 1.69 bits per heavy atom. The Hall–Kier alpha value is -1.94. The quantitative estimate of drug-likeness (QED) is 0.718. The lowest BCUT2D eigenvalue weighted by molar-refractivity contribution is 0.299. The zero-order valence-electron chi connectivity index (χ0n) is 16.7.